The predicted octanol–water partition coefficient (Wildman–Crippen LogP) is 5.43. The van der Waals surface area contributed by atoms with E-state index in [-0.39, 0.29) is 6.42 Å². The van der Waals surface area contributed by atoms with Crippen LogP contribution < -0.4 is 14.8 Å². The smallest absolute Gasteiger partial charge is 0.328 e. The Labute approximate surface area is 234 Å². The van der Waals surface area contributed by atoms with Crippen LogP contribution in [0.25, 0.3) is 0 Å². The Morgan fingerprint density at radius 3 is 1.77 bits per heavy atom. The lowest BCUT2D eigenvalue weighted by atomic mass is 10.0. The fourth-order valence-electron chi connectivity index (χ4n) is 4.22. The fourth-order valence-corrected chi connectivity index (χ4v) is 4.22. The van der Waals surface area contributed by atoms with E-state index in [1.54, 1.807) is 12.1 Å². The molecular weight excluding hydrogens is 506 g/mol. The Kier molecular flexibility index (Phi) is 10.3. The molecule has 7 nitrogen and oxygen atoms in total. The number of amides is 1. The number of carbonyl (C=O) groups excluding carboxylic acids is 2. The quantitative estimate of drug-likeness (QED) is 0.228. The van der Waals surface area contributed by atoms with Gasteiger partial charge in [-0.2, -0.15) is 0 Å². The molecule has 0 spiro atoms. The van der Waals surface area contributed by atoms with Crippen LogP contribution in [0.1, 0.15) is 28.4 Å². The average molecular weight is 540 g/mol. The van der Waals surface area contributed by atoms with Crippen LogP contribution in [-0.4, -0.2) is 32.1 Å². The van der Waals surface area contributed by atoms with Crippen molar-refractivity contribution < 1.29 is 28.5 Å². The number of methoxy groups -OCH3 is 2. The highest BCUT2D eigenvalue weighted by Gasteiger charge is 2.28. The minimum absolute atomic E-state index is 0.185. The van der Waals surface area contributed by atoms with E-state index in [0.29, 0.717) is 30.3 Å². The van der Waals surface area contributed by atoms with E-state index in [9.17, 15) is 9.59 Å². The molecule has 0 aliphatic carbocycles. The molecule has 206 valence electrons. The molecule has 40 heavy (non-hydrogen) atoms. The van der Waals surface area contributed by atoms with E-state index in [0.717, 1.165) is 16.7 Å². The maximum absolute atomic E-state index is 13.1. The minimum atomic E-state index is -0.933. The standard InChI is InChI=1S/C33H33NO6/c1-37-31(27-16-10-5-11-17-27)32(35)34-28(33(36)38-2)20-26-18-19-29(39-22-24-12-6-3-7-13-24)30(21-26)40-23-25-14-8-4-9-15-25/h3-19,21,28,31H,20,22-23H2,1-2H3,(H,34,35)/t28-,31+/m1/s1. The summed E-state index contributed by atoms with van der Waals surface area (Å²) in [7, 11) is 2.75. The zero-order chi connectivity index (χ0) is 28.2. The van der Waals surface area contributed by atoms with Crippen molar-refractivity contribution in [3.05, 3.63) is 131 Å². The number of hydrogen-bond donors (Lipinski definition) is 1. The first-order valence-corrected chi connectivity index (χ1v) is 13.0. The lowest BCUT2D eigenvalue weighted by Crippen LogP contribution is -2.45. The first-order valence-electron chi connectivity index (χ1n) is 13.0. The molecule has 4 aromatic carbocycles. The maximum Gasteiger partial charge on any atom is 0.328 e. The summed E-state index contributed by atoms with van der Waals surface area (Å²) in [6.45, 7) is 0.719. The van der Waals surface area contributed by atoms with Crippen LogP contribution in [-0.2, 0) is 38.7 Å². The minimum Gasteiger partial charge on any atom is -0.485 e. The van der Waals surface area contributed by atoms with E-state index in [2.05, 4.69) is 5.32 Å². The molecule has 4 aromatic rings. The van der Waals surface area contributed by atoms with Crippen LogP contribution in [0.5, 0.6) is 11.5 Å². The number of nitrogens with one attached hydrogen (secondary N) is 1. The van der Waals surface area contributed by atoms with E-state index in [4.69, 9.17) is 18.9 Å². The highest BCUT2D eigenvalue weighted by molar-refractivity contribution is 5.88. The molecular formula is C33H33NO6. The van der Waals surface area contributed by atoms with Gasteiger partial charge in [0.1, 0.15) is 19.3 Å². The van der Waals surface area contributed by atoms with Gasteiger partial charge in [0.05, 0.1) is 7.11 Å². The molecule has 1 amide bonds. The second-order valence-electron chi connectivity index (χ2n) is 9.14. The molecule has 0 saturated heterocycles. The van der Waals surface area contributed by atoms with Crippen molar-refractivity contribution >= 4 is 11.9 Å². The number of benzene rings is 4. The summed E-state index contributed by atoms with van der Waals surface area (Å²) < 4.78 is 22.7. The van der Waals surface area contributed by atoms with Gasteiger partial charge in [0.2, 0.25) is 0 Å². The fraction of sp³-hybridized carbons (Fsp3) is 0.212. The molecule has 2 atom stereocenters. The molecule has 0 unspecified atom stereocenters. The Balaban J connectivity index is 1.53. The van der Waals surface area contributed by atoms with Crippen LogP contribution in [0.4, 0.5) is 0 Å². The zero-order valence-corrected chi connectivity index (χ0v) is 22.6. The number of rotatable bonds is 13. The van der Waals surface area contributed by atoms with Crippen molar-refractivity contribution in [3.8, 4) is 11.5 Å². The van der Waals surface area contributed by atoms with Crippen molar-refractivity contribution in [2.75, 3.05) is 14.2 Å². The van der Waals surface area contributed by atoms with Gasteiger partial charge in [-0.1, -0.05) is 97.1 Å². The van der Waals surface area contributed by atoms with Gasteiger partial charge >= 0.3 is 5.97 Å². The van der Waals surface area contributed by atoms with Gasteiger partial charge in [0, 0.05) is 13.5 Å². The topological polar surface area (TPSA) is 83.1 Å². The first kappa shape index (κ1) is 28.4. The molecule has 0 aliphatic heterocycles. The largest absolute Gasteiger partial charge is 0.485 e. The van der Waals surface area contributed by atoms with Crippen LogP contribution >= 0.6 is 0 Å². The Morgan fingerprint density at radius 1 is 0.675 bits per heavy atom. The predicted molar refractivity (Wildman–Crippen MR) is 152 cm³/mol. The molecule has 0 saturated carbocycles. The summed E-state index contributed by atoms with van der Waals surface area (Å²) in [6, 6.07) is 33.3. The molecule has 0 fully saturated rings. The van der Waals surface area contributed by atoms with Crippen LogP contribution in [0.15, 0.2) is 109 Å². The van der Waals surface area contributed by atoms with Crippen molar-refractivity contribution in [3.63, 3.8) is 0 Å². The molecule has 0 radical (unpaired) electrons. The third-order valence-electron chi connectivity index (χ3n) is 6.30. The van der Waals surface area contributed by atoms with E-state index in [1.807, 2.05) is 97.1 Å². The second kappa shape index (κ2) is 14.5. The summed E-state index contributed by atoms with van der Waals surface area (Å²) >= 11 is 0. The molecule has 0 bridgehead atoms. The van der Waals surface area contributed by atoms with Crippen molar-refractivity contribution in [2.24, 2.45) is 0 Å². The lowest BCUT2D eigenvalue weighted by molar-refractivity contribution is -0.146. The van der Waals surface area contributed by atoms with Crippen molar-refractivity contribution in [2.45, 2.75) is 31.8 Å². The molecule has 7 heteroatoms. The third kappa shape index (κ3) is 7.94. The summed E-state index contributed by atoms with van der Waals surface area (Å²) in [5, 5.41) is 2.79. The van der Waals surface area contributed by atoms with Crippen LogP contribution in [0, 0.1) is 0 Å². The van der Waals surface area contributed by atoms with Gasteiger partial charge in [0.15, 0.2) is 17.6 Å². The first-order chi connectivity index (χ1) is 19.6. The Bertz CT molecular complexity index is 1360. The summed E-state index contributed by atoms with van der Waals surface area (Å²) in [5.41, 5.74) is 3.48. The van der Waals surface area contributed by atoms with Gasteiger partial charge in [-0.05, 0) is 34.4 Å². The number of esters is 1. The van der Waals surface area contributed by atoms with Crippen molar-refractivity contribution in [1.82, 2.24) is 5.32 Å². The lowest BCUT2D eigenvalue weighted by Gasteiger charge is -2.21. The second-order valence-corrected chi connectivity index (χ2v) is 9.14. The molecule has 0 aromatic heterocycles. The number of hydrogen-bond acceptors (Lipinski definition) is 6. The summed E-state index contributed by atoms with van der Waals surface area (Å²) in [5.74, 6) is 0.108. The van der Waals surface area contributed by atoms with E-state index >= 15 is 0 Å². The molecule has 0 heterocycles. The number of carbonyl (C=O) groups is 2. The van der Waals surface area contributed by atoms with Gasteiger partial charge in [-0.25, -0.2) is 4.79 Å². The normalized spacial score (nSPS) is 12.2. The van der Waals surface area contributed by atoms with Gasteiger partial charge < -0.3 is 24.3 Å². The van der Waals surface area contributed by atoms with Crippen LogP contribution in [0.2, 0.25) is 0 Å². The number of ether oxygens (including phenoxy) is 4. The Morgan fingerprint density at radius 2 is 1.23 bits per heavy atom. The monoisotopic (exact) mass is 539 g/mol. The van der Waals surface area contributed by atoms with E-state index < -0.39 is 24.0 Å². The van der Waals surface area contributed by atoms with E-state index in [1.165, 1.54) is 14.2 Å². The van der Waals surface area contributed by atoms with Crippen molar-refractivity contribution in [1.29, 1.82) is 0 Å². The summed E-state index contributed by atoms with van der Waals surface area (Å²) in [6.07, 6.45) is -0.684. The molecule has 0 aliphatic rings. The zero-order valence-electron chi connectivity index (χ0n) is 22.6. The molecule has 1 N–H and O–H groups in total. The molecule has 4 rings (SSSR count). The van der Waals surface area contributed by atoms with Gasteiger partial charge in [-0.3, -0.25) is 4.79 Å². The van der Waals surface area contributed by atoms with Gasteiger partial charge in [-0.15, -0.1) is 0 Å². The summed E-state index contributed by atoms with van der Waals surface area (Å²) in [4.78, 5) is 25.8. The average Bonchev–Trinajstić information content (AvgIpc) is 3.00. The van der Waals surface area contributed by atoms with Gasteiger partial charge in [0.25, 0.3) is 5.91 Å². The third-order valence-corrected chi connectivity index (χ3v) is 6.30. The highest BCUT2D eigenvalue weighted by atomic mass is 16.5. The van der Waals surface area contributed by atoms with Crippen LogP contribution in [0.3, 0.4) is 0 Å². The maximum atomic E-state index is 13.1. The Hall–Kier alpha value is -4.62. The highest BCUT2D eigenvalue weighted by Crippen LogP contribution is 2.31. The SMILES string of the molecule is COC(=O)[C@@H](Cc1ccc(OCc2ccccc2)c(OCc2ccccc2)c1)NC(=O)[C@@H](OC)c1ccccc1.